The highest BCUT2D eigenvalue weighted by Crippen LogP contribution is 2.37. The minimum atomic E-state index is -0.111. The number of oxazole rings is 1. The third kappa shape index (κ3) is 4.12. The van der Waals surface area contributed by atoms with E-state index in [1.54, 1.807) is 0 Å². The molecule has 2 N–H and O–H groups in total. The first-order chi connectivity index (χ1) is 19.1. The van der Waals surface area contributed by atoms with Gasteiger partial charge in [0.25, 0.3) is 5.91 Å². The number of benzene rings is 1. The summed E-state index contributed by atoms with van der Waals surface area (Å²) < 4.78 is 13.2. The molecule has 0 bridgehead atoms. The Morgan fingerprint density at radius 1 is 1.10 bits per heavy atom. The number of hydrogen-bond donors (Lipinski definition) is 2. The van der Waals surface area contributed by atoms with Crippen molar-refractivity contribution in [3.63, 3.8) is 0 Å². The van der Waals surface area contributed by atoms with Crippen LogP contribution in [0.1, 0.15) is 45.9 Å². The summed E-state index contributed by atoms with van der Waals surface area (Å²) in [5.41, 5.74) is 8.48. The van der Waals surface area contributed by atoms with E-state index in [1.807, 2.05) is 40.9 Å². The molecule has 2 aliphatic rings. The molecule has 0 spiro atoms. The van der Waals surface area contributed by atoms with Gasteiger partial charge in [-0.1, -0.05) is 12.1 Å². The average Bonchev–Trinajstić information content (AvgIpc) is 3.68. The number of hydrogen-bond acceptors (Lipinski definition) is 8. The fourth-order valence-electron chi connectivity index (χ4n) is 5.79. The third-order valence-corrected chi connectivity index (χ3v) is 7.60. The Labute approximate surface area is 225 Å². The van der Waals surface area contributed by atoms with Crippen LogP contribution in [0.15, 0.2) is 53.4 Å². The molecule has 1 aromatic carbocycles. The number of fused-ring (bicyclic) bond motifs is 4. The van der Waals surface area contributed by atoms with Gasteiger partial charge in [-0.25, -0.2) is 15.0 Å². The lowest BCUT2D eigenvalue weighted by Crippen LogP contribution is -2.19. The van der Waals surface area contributed by atoms with E-state index in [9.17, 15) is 4.79 Å². The van der Waals surface area contributed by atoms with Crippen molar-refractivity contribution in [2.45, 2.75) is 31.8 Å². The second-order valence-corrected chi connectivity index (χ2v) is 10.4. The van der Waals surface area contributed by atoms with Gasteiger partial charge in [-0.15, -0.1) is 0 Å². The van der Waals surface area contributed by atoms with Crippen LogP contribution in [0, 0.1) is 0 Å². The molecule has 10 heteroatoms. The zero-order valence-electron chi connectivity index (χ0n) is 21.9. The van der Waals surface area contributed by atoms with Crippen molar-refractivity contribution in [1.82, 2.24) is 29.6 Å². The first-order valence-corrected chi connectivity index (χ1v) is 13.2. The molecule has 198 valence electrons. The first kappa shape index (κ1) is 23.8. The van der Waals surface area contributed by atoms with Crippen molar-refractivity contribution in [2.75, 3.05) is 32.6 Å². The Kier molecular flexibility index (Phi) is 5.79. The Bertz CT molecular complexity index is 1720. The quantitative estimate of drug-likeness (QED) is 0.335. The lowest BCUT2D eigenvalue weighted by molar-refractivity contribution is 0.0849. The molecule has 1 saturated heterocycles. The molecule has 0 atom stereocenters. The van der Waals surface area contributed by atoms with Gasteiger partial charge in [0.2, 0.25) is 5.71 Å². The number of carbonyl (C=O) groups excluding carboxylic acids is 1. The summed E-state index contributed by atoms with van der Waals surface area (Å²) in [4.78, 5) is 29.1. The smallest absolute Gasteiger partial charge is 0.254 e. The third-order valence-electron chi connectivity index (χ3n) is 7.60. The molecular formula is C29H29N7O3. The maximum Gasteiger partial charge on any atom is 0.254 e. The van der Waals surface area contributed by atoms with Gasteiger partial charge in [-0.05, 0) is 68.2 Å². The van der Waals surface area contributed by atoms with Gasteiger partial charge in [0.1, 0.15) is 17.0 Å². The average molecular weight is 524 g/mol. The van der Waals surface area contributed by atoms with E-state index in [4.69, 9.17) is 14.1 Å². The maximum atomic E-state index is 13.1. The molecule has 10 nitrogen and oxygen atoms in total. The molecule has 7 rings (SSSR count). The van der Waals surface area contributed by atoms with Gasteiger partial charge in [0.05, 0.1) is 28.8 Å². The Hall–Kier alpha value is -4.28. The van der Waals surface area contributed by atoms with Gasteiger partial charge >= 0.3 is 0 Å². The van der Waals surface area contributed by atoms with Crippen LogP contribution in [0.4, 0.5) is 11.5 Å². The molecule has 1 amide bonds. The molecule has 1 fully saturated rings. The van der Waals surface area contributed by atoms with Crippen LogP contribution in [0.25, 0.3) is 28.1 Å². The van der Waals surface area contributed by atoms with Crippen LogP contribution in [0.5, 0.6) is 0 Å². The van der Waals surface area contributed by atoms with Crippen molar-refractivity contribution in [3.8, 4) is 11.3 Å². The minimum Gasteiger partial charge on any atom is -0.426 e. The number of ether oxygens (including phenoxy) is 1. The normalized spacial score (nSPS) is 15.8. The monoisotopic (exact) mass is 523 g/mol. The van der Waals surface area contributed by atoms with E-state index in [2.05, 4.69) is 45.7 Å². The van der Waals surface area contributed by atoms with Crippen molar-refractivity contribution < 1.29 is 13.9 Å². The standard InChI is InChI=1S/C29H29N7O3/c1-35(2)15-23-18(17-9-11-38-12-10-17)4-7-25(34-23)33-21-5-3-19(20-13-31-28(37)27(20)21)24-14-30-26-8-6-22-29(36(24)26)39-16-32-22/h3-8,14,16-17H,9-13,15H2,1-2H3,(H,31,37)(H,33,34). The van der Waals surface area contributed by atoms with Crippen LogP contribution < -0.4 is 10.6 Å². The van der Waals surface area contributed by atoms with Crippen LogP contribution in [-0.4, -0.2) is 57.5 Å². The second-order valence-electron chi connectivity index (χ2n) is 10.4. The highest BCUT2D eigenvalue weighted by atomic mass is 16.5. The largest absolute Gasteiger partial charge is 0.426 e. The maximum absolute atomic E-state index is 13.1. The van der Waals surface area contributed by atoms with E-state index < -0.39 is 0 Å². The summed E-state index contributed by atoms with van der Waals surface area (Å²) in [5, 5.41) is 6.45. The van der Waals surface area contributed by atoms with Crippen molar-refractivity contribution in [3.05, 3.63) is 71.4 Å². The first-order valence-electron chi connectivity index (χ1n) is 13.2. The highest BCUT2D eigenvalue weighted by Gasteiger charge is 2.28. The van der Waals surface area contributed by atoms with Crippen LogP contribution in [0.2, 0.25) is 0 Å². The number of amides is 1. The zero-order valence-corrected chi connectivity index (χ0v) is 21.9. The van der Waals surface area contributed by atoms with Gasteiger partial charge < -0.3 is 24.7 Å². The molecule has 2 aliphatic heterocycles. The van der Waals surface area contributed by atoms with E-state index in [0.29, 0.717) is 23.7 Å². The molecule has 0 unspecified atom stereocenters. The molecule has 4 aromatic heterocycles. The van der Waals surface area contributed by atoms with Crippen LogP contribution in [0.3, 0.4) is 0 Å². The van der Waals surface area contributed by atoms with Gasteiger partial charge in [-0.3, -0.25) is 9.20 Å². The molecule has 39 heavy (non-hydrogen) atoms. The lowest BCUT2D eigenvalue weighted by atomic mass is 9.90. The summed E-state index contributed by atoms with van der Waals surface area (Å²) in [6.07, 6.45) is 5.26. The Balaban J connectivity index is 1.28. The molecule has 0 aliphatic carbocycles. The predicted molar refractivity (Wildman–Crippen MR) is 147 cm³/mol. The number of carbonyl (C=O) groups is 1. The number of anilines is 2. The fraction of sp³-hybridized carbons (Fsp3) is 0.310. The van der Waals surface area contributed by atoms with Crippen molar-refractivity contribution in [2.24, 2.45) is 0 Å². The summed E-state index contributed by atoms with van der Waals surface area (Å²) in [5.74, 6) is 1.06. The zero-order chi connectivity index (χ0) is 26.5. The summed E-state index contributed by atoms with van der Waals surface area (Å²) in [7, 11) is 4.11. The number of rotatable bonds is 6. The van der Waals surface area contributed by atoms with Crippen LogP contribution >= 0.6 is 0 Å². The number of aromatic nitrogens is 4. The summed E-state index contributed by atoms with van der Waals surface area (Å²) in [6.45, 7) is 2.74. The van der Waals surface area contributed by atoms with Gasteiger partial charge in [-0.2, -0.15) is 0 Å². The second kappa shape index (κ2) is 9.48. The van der Waals surface area contributed by atoms with Crippen LogP contribution in [-0.2, 0) is 17.8 Å². The Morgan fingerprint density at radius 3 is 2.82 bits per heavy atom. The topological polar surface area (TPSA) is 110 Å². The van der Waals surface area contributed by atoms with Gasteiger partial charge in [0.15, 0.2) is 6.39 Å². The molecule has 0 saturated carbocycles. The molecule has 0 radical (unpaired) electrons. The van der Waals surface area contributed by atoms with E-state index >= 15 is 0 Å². The number of imidazole rings is 1. The number of pyridine rings is 2. The summed E-state index contributed by atoms with van der Waals surface area (Å²) >= 11 is 0. The Morgan fingerprint density at radius 2 is 1.97 bits per heavy atom. The lowest BCUT2D eigenvalue weighted by Gasteiger charge is -2.25. The highest BCUT2D eigenvalue weighted by molar-refractivity contribution is 6.06. The molecule has 5 aromatic rings. The molecular weight excluding hydrogens is 494 g/mol. The number of nitrogens with zero attached hydrogens (tertiary/aromatic N) is 5. The van der Waals surface area contributed by atoms with Gasteiger partial charge in [0, 0.05) is 31.9 Å². The summed E-state index contributed by atoms with van der Waals surface area (Å²) in [6, 6.07) is 12.0. The number of nitrogens with one attached hydrogen (secondary N) is 2. The minimum absolute atomic E-state index is 0.111. The van der Waals surface area contributed by atoms with Crippen molar-refractivity contribution in [1.29, 1.82) is 0 Å². The SMILES string of the molecule is CN(C)Cc1nc(Nc2ccc(-c3cnc4ccc5ncoc5n34)c3c2C(=O)NC3)ccc1C1CCOCC1. The van der Waals surface area contributed by atoms with Crippen molar-refractivity contribution >= 4 is 34.3 Å². The molecule has 6 heterocycles. The predicted octanol–water partition coefficient (Wildman–Crippen LogP) is 4.48. The van der Waals surface area contributed by atoms with E-state index in [0.717, 1.165) is 77.8 Å². The van der Waals surface area contributed by atoms with E-state index in [-0.39, 0.29) is 5.91 Å². The van der Waals surface area contributed by atoms with E-state index in [1.165, 1.54) is 12.0 Å². The fourth-order valence-corrected chi connectivity index (χ4v) is 5.79.